The maximum Gasteiger partial charge on any atom is 0.347 e. The van der Waals surface area contributed by atoms with Gasteiger partial charge in [0.2, 0.25) is 10.0 Å². The Morgan fingerprint density at radius 1 is 1.44 bits per heavy atom. The van der Waals surface area contributed by atoms with Crippen LogP contribution in [0.25, 0.3) is 0 Å². The Labute approximate surface area is 107 Å². The van der Waals surface area contributed by atoms with Crippen molar-refractivity contribution in [2.24, 2.45) is 0 Å². The molecule has 96 valence electrons. The standard InChI is InChI=1S/C10H10N2O4S2/c13-10(14)9-8(2-4-17-9)18(15,16)12-6-7-1-3-11-5-7/h1-5,11-12H,6H2,(H,13,14). The average molecular weight is 286 g/mol. The third-order valence-corrected chi connectivity index (χ3v) is 4.72. The number of hydrogen-bond donors (Lipinski definition) is 3. The largest absolute Gasteiger partial charge is 0.477 e. The minimum Gasteiger partial charge on any atom is -0.477 e. The zero-order valence-electron chi connectivity index (χ0n) is 9.08. The Hall–Kier alpha value is -1.64. The zero-order chi connectivity index (χ0) is 13.2. The van der Waals surface area contributed by atoms with Crippen LogP contribution in [0, 0.1) is 0 Å². The molecular weight excluding hydrogens is 276 g/mol. The van der Waals surface area contributed by atoms with Gasteiger partial charge in [-0.15, -0.1) is 11.3 Å². The fourth-order valence-electron chi connectivity index (χ4n) is 1.39. The maximum atomic E-state index is 11.9. The second-order valence-corrected chi connectivity index (χ2v) is 6.11. The lowest BCUT2D eigenvalue weighted by Gasteiger charge is -2.04. The predicted molar refractivity (Wildman–Crippen MR) is 66.1 cm³/mol. The van der Waals surface area contributed by atoms with Crippen LogP contribution in [0.2, 0.25) is 0 Å². The first-order valence-electron chi connectivity index (χ1n) is 4.93. The number of aromatic carboxylic acids is 1. The first-order valence-corrected chi connectivity index (χ1v) is 7.29. The van der Waals surface area contributed by atoms with E-state index in [9.17, 15) is 13.2 Å². The van der Waals surface area contributed by atoms with Crippen molar-refractivity contribution < 1.29 is 18.3 Å². The van der Waals surface area contributed by atoms with E-state index in [0.717, 1.165) is 16.9 Å². The highest BCUT2D eigenvalue weighted by Crippen LogP contribution is 2.21. The molecule has 0 radical (unpaired) electrons. The monoisotopic (exact) mass is 286 g/mol. The lowest BCUT2D eigenvalue weighted by Crippen LogP contribution is -2.24. The third kappa shape index (κ3) is 2.61. The fourth-order valence-corrected chi connectivity index (χ4v) is 3.67. The van der Waals surface area contributed by atoms with E-state index in [-0.39, 0.29) is 16.3 Å². The number of H-pyrrole nitrogens is 1. The van der Waals surface area contributed by atoms with Gasteiger partial charge in [0.15, 0.2) is 0 Å². The third-order valence-electron chi connectivity index (χ3n) is 2.24. The second kappa shape index (κ2) is 4.92. The van der Waals surface area contributed by atoms with Gasteiger partial charge in [0.1, 0.15) is 9.77 Å². The normalized spacial score (nSPS) is 11.6. The molecule has 0 amide bonds. The van der Waals surface area contributed by atoms with Gasteiger partial charge < -0.3 is 10.1 Å². The molecule has 3 N–H and O–H groups in total. The molecule has 0 unspecified atom stereocenters. The summed E-state index contributed by atoms with van der Waals surface area (Å²) in [5.41, 5.74) is 0.769. The van der Waals surface area contributed by atoms with Crippen molar-refractivity contribution in [3.8, 4) is 0 Å². The van der Waals surface area contributed by atoms with Crippen molar-refractivity contribution in [1.82, 2.24) is 9.71 Å². The van der Waals surface area contributed by atoms with Crippen LogP contribution >= 0.6 is 11.3 Å². The quantitative estimate of drug-likeness (QED) is 0.770. The number of sulfonamides is 1. The zero-order valence-corrected chi connectivity index (χ0v) is 10.7. The summed E-state index contributed by atoms with van der Waals surface area (Å²) >= 11 is 0.883. The Bertz CT molecular complexity index is 643. The van der Waals surface area contributed by atoms with E-state index in [2.05, 4.69) is 9.71 Å². The SMILES string of the molecule is O=C(O)c1sccc1S(=O)(=O)NCc1cc[nH]c1. The van der Waals surface area contributed by atoms with E-state index < -0.39 is 16.0 Å². The number of nitrogens with one attached hydrogen (secondary N) is 2. The maximum absolute atomic E-state index is 11.9. The molecule has 6 nitrogen and oxygen atoms in total. The van der Waals surface area contributed by atoms with Gasteiger partial charge in [-0.2, -0.15) is 0 Å². The summed E-state index contributed by atoms with van der Waals surface area (Å²) < 4.78 is 26.2. The molecule has 18 heavy (non-hydrogen) atoms. The molecule has 0 atom stereocenters. The van der Waals surface area contributed by atoms with Crippen LogP contribution in [0.1, 0.15) is 15.2 Å². The van der Waals surface area contributed by atoms with E-state index in [0.29, 0.717) is 0 Å². The predicted octanol–water partition coefficient (Wildman–Crippen LogP) is 1.25. The van der Waals surface area contributed by atoms with E-state index in [1.807, 2.05) is 0 Å². The molecule has 0 aliphatic heterocycles. The van der Waals surface area contributed by atoms with Crippen molar-refractivity contribution in [3.05, 3.63) is 40.3 Å². The number of carbonyl (C=O) groups is 1. The number of aromatic nitrogens is 1. The van der Waals surface area contributed by atoms with Crippen LogP contribution in [0.15, 0.2) is 34.8 Å². The summed E-state index contributed by atoms with van der Waals surface area (Å²) in [5.74, 6) is -1.24. The van der Waals surface area contributed by atoms with Crippen LogP contribution < -0.4 is 4.72 Å². The Morgan fingerprint density at radius 2 is 2.22 bits per heavy atom. The summed E-state index contributed by atoms with van der Waals surface area (Å²) in [6.45, 7) is 0.112. The molecule has 0 aliphatic rings. The second-order valence-electron chi connectivity index (χ2n) is 3.46. The fraction of sp³-hybridized carbons (Fsp3) is 0.100. The molecule has 2 rings (SSSR count). The van der Waals surface area contributed by atoms with Gasteiger partial charge in [0.05, 0.1) is 0 Å². The van der Waals surface area contributed by atoms with Crippen molar-refractivity contribution in [2.75, 3.05) is 0 Å². The Balaban J connectivity index is 2.20. The first-order chi connectivity index (χ1) is 8.50. The lowest BCUT2D eigenvalue weighted by molar-refractivity contribution is 0.0698. The van der Waals surface area contributed by atoms with Gasteiger partial charge in [-0.05, 0) is 23.1 Å². The van der Waals surface area contributed by atoms with E-state index in [1.165, 1.54) is 11.4 Å². The number of hydrogen-bond acceptors (Lipinski definition) is 4. The average Bonchev–Trinajstić information content (AvgIpc) is 2.98. The number of thiophene rings is 1. The van der Waals surface area contributed by atoms with Crippen LogP contribution in [0.3, 0.4) is 0 Å². The van der Waals surface area contributed by atoms with Gasteiger partial charge in [0.25, 0.3) is 0 Å². The van der Waals surface area contributed by atoms with Crippen LogP contribution in [-0.4, -0.2) is 24.5 Å². The van der Waals surface area contributed by atoms with Crippen molar-refractivity contribution in [2.45, 2.75) is 11.4 Å². The van der Waals surface area contributed by atoms with E-state index >= 15 is 0 Å². The summed E-state index contributed by atoms with van der Waals surface area (Å²) in [6.07, 6.45) is 3.34. The molecule has 2 aromatic rings. The molecule has 0 fully saturated rings. The number of carboxylic acid groups (broad SMARTS) is 1. The van der Waals surface area contributed by atoms with Gasteiger partial charge in [-0.3, -0.25) is 0 Å². The smallest absolute Gasteiger partial charge is 0.347 e. The Morgan fingerprint density at radius 3 is 2.83 bits per heavy atom. The number of aromatic amines is 1. The molecule has 8 heteroatoms. The number of rotatable bonds is 5. The summed E-state index contributed by atoms with van der Waals surface area (Å²) in [7, 11) is -3.80. The highest BCUT2D eigenvalue weighted by Gasteiger charge is 2.23. The van der Waals surface area contributed by atoms with Crippen molar-refractivity contribution >= 4 is 27.3 Å². The number of carboxylic acids is 1. The molecule has 0 bridgehead atoms. The lowest BCUT2D eigenvalue weighted by atomic mass is 10.4. The molecule has 2 aromatic heterocycles. The highest BCUT2D eigenvalue weighted by molar-refractivity contribution is 7.89. The minimum absolute atomic E-state index is 0.112. The molecule has 0 aliphatic carbocycles. The summed E-state index contributed by atoms with van der Waals surface area (Å²) in [5, 5.41) is 10.3. The highest BCUT2D eigenvalue weighted by atomic mass is 32.2. The van der Waals surface area contributed by atoms with E-state index in [4.69, 9.17) is 5.11 Å². The Kier molecular flexibility index (Phi) is 3.50. The van der Waals surface area contributed by atoms with Crippen LogP contribution in [0.5, 0.6) is 0 Å². The summed E-state index contributed by atoms with van der Waals surface area (Å²) in [6, 6.07) is 3.02. The molecule has 0 saturated carbocycles. The van der Waals surface area contributed by atoms with Crippen LogP contribution in [0.4, 0.5) is 0 Å². The van der Waals surface area contributed by atoms with Gasteiger partial charge in [-0.1, -0.05) is 0 Å². The van der Waals surface area contributed by atoms with Gasteiger partial charge in [-0.25, -0.2) is 17.9 Å². The minimum atomic E-state index is -3.80. The molecule has 2 heterocycles. The molecule has 0 spiro atoms. The van der Waals surface area contributed by atoms with Gasteiger partial charge in [0, 0.05) is 18.9 Å². The summed E-state index contributed by atoms with van der Waals surface area (Å²) in [4.78, 5) is 13.3. The molecular formula is C10H10N2O4S2. The molecule has 0 saturated heterocycles. The van der Waals surface area contributed by atoms with Crippen molar-refractivity contribution in [1.29, 1.82) is 0 Å². The van der Waals surface area contributed by atoms with Crippen LogP contribution in [-0.2, 0) is 16.6 Å². The van der Waals surface area contributed by atoms with Gasteiger partial charge >= 0.3 is 5.97 Å². The van der Waals surface area contributed by atoms with E-state index in [1.54, 1.807) is 18.5 Å². The van der Waals surface area contributed by atoms with Crippen molar-refractivity contribution in [3.63, 3.8) is 0 Å². The topological polar surface area (TPSA) is 99.3 Å². The first kappa shape index (κ1) is 12.8. The molecule has 0 aromatic carbocycles.